The zero-order chi connectivity index (χ0) is 12.3. The number of carboxylic acids is 1. The molecule has 4 heteroatoms. The van der Waals surface area contributed by atoms with Crippen LogP contribution in [0.15, 0.2) is 0 Å². The number of nitrogens with one attached hydrogen (secondary N) is 1. The number of hydrogen-bond donors (Lipinski definition) is 2. The number of carboxylic acid groups (broad SMARTS) is 1. The SMILES string of the molecule is CCC(C)(C)NC(=O)CC(C(=O)O)C1CC1. The number of carbonyl (C=O) groups is 2. The summed E-state index contributed by atoms with van der Waals surface area (Å²) in [6, 6.07) is 0. The number of aliphatic carboxylic acids is 1. The Morgan fingerprint density at radius 2 is 2.00 bits per heavy atom. The Balaban J connectivity index is 2.46. The summed E-state index contributed by atoms with van der Waals surface area (Å²) in [6.07, 6.45) is 2.84. The van der Waals surface area contributed by atoms with E-state index in [0.29, 0.717) is 0 Å². The molecule has 0 saturated heterocycles. The van der Waals surface area contributed by atoms with E-state index in [1.165, 1.54) is 0 Å². The molecule has 1 atom stereocenters. The number of rotatable bonds is 6. The quantitative estimate of drug-likeness (QED) is 0.727. The predicted octanol–water partition coefficient (Wildman–Crippen LogP) is 1.79. The molecule has 1 aliphatic carbocycles. The highest BCUT2D eigenvalue weighted by atomic mass is 16.4. The summed E-state index contributed by atoms with van der Waals surface area (Å²) in [6.45, 7) is 5.88. The van der Waals surface area contributed by atoms with Crippen LogP contribution in [0.1, 0.15) is 46.5 Å². The maximum atomic E-state index is 11.7. The van der Waals surface area contributed by atoms with Crippen LogP contribution in [-0.2, 0) is 9.59 Å². The van der Waals surface area contributed by atoms with E-state index in [4.69, 9.17) is 5.11 Å². The first kappa shape index (κ1) is 13.0. The minimum absolute atomic E-state index is 0.115. The standard InChI is InChI=1S/C12H21NO3/c1-4-12(2,3)13-10(14)7-9(11(15)16)8-5-6-8/h8-9H,4-7H2,1-3H3,(H,13,14)(H,15,16). The fraction of sp³-hybridized carbons (Fsp3) is 0.833. The van der Waals surface area contributed by atoms with Crippen molar-refractivity contribution in [2.75, 3.05) is 0 Å². The molecule has 1 aliphatic rings. The van der Waals surface area contributed by atoms with Gasteiger partial charge in [-0.3, -0.25) is 9.59 Å². The molecule has 16 heavy (non-hydrogen) atoms. The summed E-state index contributed by atoms with van der Waals surface area (Å²) in [5, 5.41) is 11.9. The van der Waals surface area contributed by atoms with Gasteiger partial charge in [0.05, 0.1) is 5.92 Å². The normalized spacial score (nSPS) is 17.9. The van der Waals surface area contributed by atoms with Gasteiger partial charge in [-0.25, -0.2) is 0 Å². The van der Waals surface area contributed by atoms with Crippen molar-refractivity contribution in [3.05, 3.63) is 0 Å². The molecule has 0 bridgehead atoms. The monoisotopic (exact) mass is 227 g/mol. The average molecular weight is 227 g/mol. The van der Waals surface area contributed by atoms with Gasteiger partial charge in [-0.2, -0.15) is 0 Å². The Kier molecular flexibility index (Phi) is 3.94. The topological polar surface area (TPSA) is 66.4 Å². The Hall–Kier alpha value is -1.06. The molecule has 0 spiro atoms. The highest BCUT2D eigenvalue weighted by molar-refractivity contribution is 5.83. The largest absolute Gasteiger partial charge is 0.481 e. The van der Waals surface area contributed by atoms with Crippen molar-refractivity contribution in [1.82, 2.24) is 5.32 Å². The van der Waals surface area contributed by atoms with Gasteiger partial charge in [0.25, 0.3) is 0 Å². The van der Waals surface area contributed by atoms with Crippen LogP contribution < -0.4 is 5.32 Å². The molecule has 1 unspecified atom stereocenters. The first-order valence-electron chi connectivity index (χ1n) is 5.89. The Morgan fingerprint density at radius 1 is 1.44 bits per heavy atom. The van der Waals surface area contributed by atoms with Crippen LogP contribution in [0.3, 0.4) is 0 Å². The summed E-state index contributed by atoms with van der Waals surface area (Å²) in [5.74, 6) is -1.27. The van der Waals surface area contributed by atoms with E-state index < -0.39 is 11.9 Å². The van der Waals surface area contributed by atoms with Crippen LogP contribution in [-0.4, -0.2) is 22.5 Å². The van der Waals surface area contributed by atoms with Crippen molar-refractivity contribution in [2.24, 2.45) is 11.8 Å². The average Bonchev–Trinajstić information content (AvgIpc) is 2.96. The molecule has 2 N–H and O–H groups in total. The molecule has 1 rings (SSSR count). The van der Waals surface area contributed by atoms with Crippen molar-refractivity contribution < 1.29 is 14.7 Å². The first-order valence-corrected chi connectivity index (χ1v) is 5.89. The summed E-state index contributed by atoms with van der Waals surface area (Å²) in [4.78, 5) is 22.7. The minimum atomic E-state index is -0.841. The number of amides is 1. The van der Waals surface area contributed by atoms with Crippen molar-refractivity contribution >= 4 is 11.9 Å². The summed E-state index contributed by atoms with van der Waals surface area (Å²) in [7, 11) is 0. The molecule has 92 valence electrons. The maximum Gasteiger partial charge on any atom is 0.307 e. The predicted molar refractivity (Wildman–Crippen MR) is 61.0 cm³/mol. The molecule has 0 aromatic heterocycles. The molecule has 1 amide bonds. The van der Waals surface area contributed by atoms with Crippen molar-refractivity contribution in [1.29, 1.82) is 0 Å². The van der Waals surface area contributed by atoms with E-state index in [1.54, 1.807) is 0 Å². The van der Waals surface area contributed by atoms with Crippen LogP contribution >= 0.6 is 0 Å². The molecule has 0 aromatic rings. The van der Waals surface area contributed by atoms with E-state index in [0.717, 1.165) is 19.3 Å². The third-order valence-corrected chi connectivity index (χ3v) is 3.28. The lowest BCUT2D eigenvalue weighted by atomic mass is 9.97. The van der Waals surface area contributed by atoms with Crippen LogP contribution in [0.2, 0.25) is 0 Å². The van der Waals surface area contributed by atoms with Gasteiger partial charge in [0.1, 0.15) is 0 Å². The van der Waals surface area contributed by atoms with E-state index in [-0.39, 0.29) is 23.8 Å². The van der Waals surface area contributed by atoms with E-state index >= 15 is 0 Å². The highest BCUT2D eigenvalue weighted by Crippen LogP contribution is 2.38. The molecule has 4 nitrogen and oxygen atoms in total. The first-order chi connectivity index (χ1) is 7.35. The smallest absolute Gasteiger partial charge is 0.307 e. The molecule has 0 heterocycles. The van der Waals surface area contributed by atoms with Crippen molar-refractivity contribution in [3.8, 4) is 0 Å². The summed E-state index contributed by atoms with van der Waals surface area (Å²) >= 11 is 0. The highest BCUT2D eigenvalue weighted by Gasteiger charge is 2.37. The number of hydrogen-bond acceptors (Lipinski definition) is 2. The Bertz CT molecular complexity index is 282. The second-order valence-corrected chi connectivity index (χ2v) is 5.27. The fourth-order valence-corrected chi connectivity index (χ4v) is 1.67. The van der Waals surface area contributed by atoms with Gasteiger partial charge >= 0.3 is 5.97 Å². The molecular weight excluding hydrogens is 206 g/mol. The van der Waals surface area contributed by atoms with E-state index in [2.05, 4.69) is 5.32 Å². The minimum Gasteiger partial charge on any atom is -0.481 e. The van der Waals surface area contributed by atoms with E-state index in [1.807, 2.05) is 20.8 Å². The van der Waals surface area contributed by atoms with Gasteiger partial charge in [0.2, 0.25) is 5.91 Å². The second-order valence-electron chi connectivity index (χ2n) is 5.27. The molecule has 0 aromatic carbocycles. The van der Waals surface area contributed by atoms with Crippen molar-refractivity contribution in [3.63, 3.8) is 0 Å². The Labute approximate surface area is 96.4 Å². The summed E-state index contributed by atoms with van der Waals surface area (Å²) < 4.78 is 0. The lowest BCUT2D eigenvalue weighted by Gasteiger charge is -2.25. The van der Waals surface area contributed by atoms with Gasteiger partial charge in [0, 0.05) is 12.0 Å². The third-order valence-electron chi connectivity index (χ3n) is 3.28. The summed E-state index contributed by atoms with van der Waals surface area (Å²) in [5.41, 5.74) is -0.246. The van der Waals surface area contributed by atoms with Crippen LogP contribution in [0.4, 0.5) is 0 Å². The molecule has 0 radical (unpaired) electrons. The molecule has 1 saturated carbocycles. The zero-order valence-electron chi connectivity index (χ0n) is 10.2. The lowest BCUT2D eigenvalue weighted by Crippen LogP contribution is -2.44. The van der Waals surface area contributed by atoms with Gasteiger partial charge in [-0.05, 0) is 39.0 Å². The number of carbonyl (C=O) groups excluding carboxylic acids is 1. The van der Waals surface area contributed by atoms with Crippen LogP contribution in [0, 0.1) is 11.8 Å². The molecule has 0 aliphatic heterocycles. The second kappa shape index (κ2) is 4.85. The van der Waals surface area contributed by atoms with Gasteiger partial charge in [0.15, 0.2) is 0 Å². The van der Waals surface area contributed by atoms with Crippen LogP contribution in [0.5, 0.6) is 0 Å². The third kappa shape index (κ3) is 3.83. The van der Waals surface area contributed by atoms with Gasteiger partial charge in [-0.1, -0.05) is 6.92 Å². The maximum absolute atomic E-state index is 11.7. The lowest BCUT2D eigenvalue weighted by molar-refractivity contribution is -0.145. The fourth-order valence-electron chi connectivity index (χ4n) is 1.67. The molecular formula is C12H21NO3. The van der Waals surface area contributed by atoms with E-state index in [9.17, 15) is 9.59 Å². The van der Waals surface area contributed by atoms with Crippen molar-refractivity contribution in [2.45, 2.75) is 52.0 Å². The zero-order valence-corrected chi connectivity index (χ0v) is 10.2. The van der Waals surface area contributed by atoms with Gasteiger partial charge in [-0.15, -0.1) is 0 Å². The molecule has 1 fully saturated rings. The Morgan fingerprint density at radius 3 is 2.38 bits per heavy atom. The van der Waals surface area contributed by atoms with Crippen LogP contribution in [0.25, 0.3) is 0 Å². The van der Waals surface area contributed by atoms with Gasteiger partial charge < -0.3 is 10.4 Å².